The number of anilines is 2. The van der Waals surface area contributed by atoms with Gasteiger partial charge in [-0.3, -0.25) is 9.78 Å². The highest BCUT2D eigenvalue weighted by atomic mass is 16.1. The van der Waals surface area contributed by atoms with Gasteiger partial charge in [0.2, 0.25) is 0 Å². The minimum atomic E-state index is -0.185. The van der Waals surface area contributed by atoms with E-state index in [1.807, 2.05) is 31.2 Å². The van der Waals surface area contributed by atoms with Crippen molar-refractivity contribution in [2.45, 2.75) is 27.3 Å². The van der Waals surface area contributed by atoms with Gasteiger partial charge in [0.1, 0.15) is 5.69 Å². The molecule has 0 spiro atoms. The summed E-state index contributed by atoms with van der Waals surface area (Å²) < 4.78 is 0. The van der Waals surface area contributed by atoms with Crippen LogP contribution >= 0.6 is 0 Å². The topological polar surface area (TPSA) is 54.0 Å². The lowest BCUT2D eigenvalue weighted by Gasteiger charge is -2.10. The molecule has 2 aromatic carbocycles. The van der Waals surface area contributed by atoms with Gasteiger partial charge in [0.05, 0.1) is 0 Å². The molecule has 0 unspecified atom stereocenters. The maximum atomic E-state index is 12.4. The Kier molecular flexibility index (Phi) is 5.32. The second kappa shape index (κ2) is 7.83. The van der Waals surface area contributed by atoms with Crippen LogP contribution in [-0.4, -0.2) is 10.9 Å². The van der Waals surface area contributed by atoms with E-state index < -0.39 is 0 Å². The second-order valence-electron chi connectivity index (χ2n) is 6.60. The molecule has 0 saturated heterocycles. The van der Waals surface area contributed by atoms with Crippen LogP contribution in [-0.2, 0) is 6.54 Å². The van der Waals surface area contributed by atoms with Crippen molar-refractivity contribution >= 4 is 17.3 Å². The van der Waals surface area contributed by atoms with Crippen LogP contribution in [0.15, 0.2) is 60.8 Å². The molecule has 0 saturated carbocycles. The highest BCUT2D eigenvalue weighted by molar-refractivity contribution is 5.93. The van der Waals surface area contributed by atoms with Crippen molar-refractivity contribution in [2.75, 3.05) is 5.32 Å². The van der Waals surface area contributed by atoms with Crippen LogP contribution in [0.1, 0.15) is 32.7 Å². The third-order valence-corrected chi connectivity index (χ3v) is 4.04. The number of aromatic nitrogens is 1. The van der Waals surface area contributed by atoms with E-state index in [1.54, 1.807) is 12.3 Å². The Bertz CT molecular complexity index is 914. The quantitative estimate of drug-likeness (QED) is 0.706. The number of nitrogens with one attached hydrogen (secondary N) is 2. The number of benzene rings is 2. The molecule has 4 nitrogen and oxygen atoms in total. The molecule has 1 aromatic heterocycles. The fourth-order valence-electron chi connectivity index (χ4n) is 2.94. The lowest BCUT2D eigenvalue weighted by molar-refractivity contribution is 0.0946. The van der Waals surface area contributed by atoms with Gasteiger partial charge in [-0.1, -0.05) is 35.9 Å². The van der Waals surface area contributed by atoms with Gasteiger partial charge < -0.3 is 10.6 Å². The summed E-state index contributed by atoms with van der Waals surface area (Å²) in [6.45, 7) is 6.65. The minimum absolute atomic E-state index is 0.185. The van der Waals surface area contributed by atoms with Gasteiger partial charge in [0.25, 0.3) is 5.91 Å². The Morgan fingerprint density at radius 3 is 2.38 bits per heavy atom. The molecular formula is C22H23N3O. The summed E-state index contributed by atoms with van der Waals surface area (Å²) in [5, 5.41) is 6.26. The van der Waals surface area contributed by atoms with Gasteiger partial charge in [-0.2, -0.15) is 0 Å². The Balaban J connectivity index is 1.69. The summed E-state index contributed by atoms with van der Waals surface area (Å²) in [7, 11) is 0. The zero-order valence-electron chi connectivity index (χ0n) is 15.3. The average Bonchev–Trinajstić information content (AvgIpc) is 2.59. The van der Waals surface area contributed by atoms with E-state index in [-0.39, 0.29) is 5.91 Å². The van der Waals surface area contributed by atoms with Gasteiger partial charge in [0, 0.05) is 24.1 Å². The van der Waals surface area contributed by atoms with Crippen LogP contribution in [0.3, 0.4) is 0 Å². The SMILES string of the molecule is Cc1cccc(CNC(=O)c2cc(Nc3cc(C)cc(C)c3)ccn2)c1. The number of amides is 1. The zero-order chi connectivity index (χ0) is 18.5. The van der Waals surface area contributed by atoms with Crippen LogP contribution in [0.5, 0.6) is 0 Å². The predicted octanol–water partition coefficient (Wildman–Crippen LogP) is 4.68. The molecule has 3 aromatic rings. The fourth-order valence-corrected chi connectivity index (χ4v) is 2.94. The lowest BCUT2D eigenvalue weighted by Crippen LogP contribution is -2.23. The largest absolute Gasteiger partial charge is 0.355 e. The molecule has 1 amide bonds. The first-order valence-electron chi connectivity index (χ1n) is 8.65. The molecule has 0 aliphatic heterocycles. The van der Waals surface area contributed by atoms with Gasteiger partial charge in [0.15, 0.2) is 0 Å². The molecule has 1 heterocycles. The van der Waals surface area contributed by atoms with Crippen molar-refractivity contribution in [1.29, 1.82) is 0 Å². The molecule has 2 N–H and O–H groups in total. The van der Waals surface area contributed by atoms with Gasteiger partial charge in [-0.15, -0.1) is 0 Å². The number of nitrogens with zero attached hydrogens (tertiary/aromatic N) is 1. The second-order valence-corrected chi connectivity index (χ2v) is 6.60. The average molecular weight is 345 g/mol. The molecular weight excluding hydrogens is 322 g/mol. The Morgan fingerprint density at radius 2 is 1.65 bits per heavy atom. The molecule has 0 atom stereocenters. The standard InChI is InChI=1S/C22H23N3O/c1-15-5-4-6-18(10-15)14-24-22(26)21-13-19(7-8-23-21)25-20-11-16(2)9-17(3)12-20/h4-13H,14H2,1-3H3,(H,23,25)(H,24,26). The highest BCUT2D eigenvalue weighted by Crippen LogP contribution is 2.19. The molecule has 0 aliphatic carbocycles. The third-order valence-electron chi connectivity index (χ3n) is 4.04. The fraction of sp³-hybridized carbons (Fsp3) is 0.182. The normalized spacial score (nSPS) is 10.4. The Labute approximate surface area is 154 Å². The van der Waals surface area contributed by atoms with E-state index in [0.717, 1.165) is 16.9 Å². The van der Waals surface area contributed by atoms with Gasteiger partial charge in [-0.05, 0) is 61.7 Å². The highest BCUT2D eigenvalue weighted by Gasteiger charge is 2.08. The number of carbonyl (C=O) groups excluding carboxylic acids is 1. The molecule has 3 rings (SSSR count). The smallest absolute Gasteiger partial charge is 0.270 e. The van der Waals surface area contributed by atoms with Crippen molar-refractivity contribution < 1.29 is 4.79 Å². The van der Waals surface area contributed by atoms with Crippen LogP contribution in [0, 0.1) is 20.8 Å². The van der Waals surface area contributed by atoms with E-state index >= 15 is 0 Å². The van der Waals surface area contributed by atoms with Crippen molar-refractivity contribution in [2.24, 2.45) is 0 Å². The van der Waals surface area contributed by atoms with Crippen LogP contribution in [0.25, 0.3) is 0 Å². The molecule has 0 radical (unpaired) electrons. The summed E-state index contributed by atoms with van der Waals surface area (Å²) >= 11 is 0. The van der Waals surface area contributed by atoms with Crippen molar-refractivity contribution in [3.63, 3.8) is 0 Å². The molecule has 132 valence electrons. The van der Waals surface area contributed by atoms with Crippen molar-refractivity contribution in [3.8, 4) is 0 Å². The number of hydrogen-bond donors (Lipinski definition) is 2. The minimum Gasteiger partial charge on any atom is -0.355 e. The van der Waals surface area contributed by atoms with E-state index in [2.05, 4.69) is 53.7 Å². The zero-order valence-corrected chi connectivity index (χ0v) is 15.3. The number of rotatable bonds is 5. The molecule has 0 bridgehead atoms. The number of aryl methyl sites for hydroxylation is 3. The maximum Gasteiger partial charge on any atom is 0.270 e. The summed E-state index contributed by atoms with van der Waals surface area (Å²) in [5.41, 5.74) is 6.87. The number of pyridine rings is 1. The molecule has 0 aliphatic rings. The first-order valence-corrected chi connectivity index (χ1v) is 8.65. The van der Waals surface area contributed by atoms with Crippen molar-refractivity contribution in [3.05, 3.63) is 88.7 Å². The Morgan fingerprint density at radius 1 is 0.885 bits per heavy atom. The van der Waals surface area contributed by atoms with Crippen LogP contribution in [0.2, 0.25) is 0 Å². The molecule has 0 fully saturated rings. The summed E-state index contributed by atoms with van der Waals surface area (Å²) in [6.07, 6.45) is 1.65. The van der Waals surface area contributed by atoms with Crippen molar-refractivity contribution in [1.82, 2.24) is 10.3 Å². The van der Waals surface area contributed by atoms with Gasteiger partial charge in [-0.25, -0.2) is 0 Å². The summed E-state index contributed by atoms with van der Waals surface area (Å²) in [4.78, 5) is 16.6. The first-order chi connectivity index (χ1) is 12.5. The van der Waals surface area contributed by atoms with E-state index in [1.165, 1.54) is 16.7 Å². The van der Waals surface area contributed by atoms with Gasteiger partial charge >= 0.3 is 0 Å². The number of carbonyl (C=O) groups is 1. The lowest BCUT2D eigenvalue weighted by atomic mass is 10.1. The first kappa shape index (κ1) is 17.7. The van der Waals surface area contributed by atoms with Crippen LogP contribution in [0.4, 0.5) is 11.4 Å². The predicted molar refractivity (Wildman–Crippen MR) is 106 cm³/mol. The summed E-state index contributed by atoms with van der Waals surface area (Å²) in [5.74, 6) is -0.185. The van der Waals surface area contributed by atoms with E-state index in [0.29, 0.717) is 12.2 Å². The molecule has 4 heteroatoms. The maximum absolute atomic E-state index is 12.4. The van der Waals surface area contributed by atoms with E-state index in [4.69, 9.17) is 0 Å². The third kappa shape index (κ3) is 4.70. The monoisotopic (exact) mass is 345 g/mol. The number of hydrogen-bond acceptors (Lipinski definition) is 3. The summed E-state index contributed by atoms with van der Waals surface area (Å²) in [6, 6.07) is 18.0. The van der Waals surface area contributed by atoms with Crippen LogP contribution < -0.4 is 10.6 Å². The molecule has 26 heavy (non-hydrogen) atoms. The Hall–Kier alpha value is -3.14. The van der Waals surface area contributed by atoms with E-state index in [9.17, 15) is 4.79 Å².